The molecule has 138 valence electrons. The molecule has 1 aromatic heterocycles. The molecule has 2 aromatic carbocycles. The molecule has 1 aliphatic rings. The fraction of sp³-hybridized carbons (Fsp3) is 0.238. The Morgan fingerprint density at radius 2 is 1.89 bits per heavy atom. The van der Waals surface area contributed by atoms with Crippen molar-refractivity contribution in [3.63, 3.8) is 0 Å². The predicted octanol–water partition coefficient (Wildman–Crippen LogP) is 3.19. The van der Waals surface area contributed by atoms with Crippen molar-refractivity contribution >= 4 is 5.91 Å². The lowest BCUT2D eigenvalue weighted by molar-refractivity contribution is 0.0950. The van der Waals surface area contributed by atoms with Crippen LogP contribution in [0.3, 0.4) is 0 Å². The molecule has 0 radical (unpaired) electrons. The van der Waals surface area contributed by atoms with Crippen LogP contribution >= 0.6 is 0 Å². The van der Waals surface area contributed by atoms with E-state index in [2.05, 4.69) is 10.4 Å². The molecule has 0 atom stereocenters. The number of ether oxygens (including phenoxy) is 2. The molecule has 3 aromatic rings. The van der Waals surface area contributed by atoms with Crippen molar-refractivity contribution in [1.29, 1.82) is 0 Å². The Hall–Kier alpha value is -3.28. The van der Waals surface area contributed by atoms with Gasteiger partial charge in [-0.15, -0.1) is 0 Å². The van der Waals surface area contributed by atoms with E-state index in [0.29, 0.717) is 25.3 Å². The van der Waals surface area contributed by atoms with Gasteiger partial charge in [0, 0.05) is 6.54 Å². The number of benzene rings is 2. The van der Waals surface area contributed by atoms with Crippen LogP contribution in [0.15, 0.2) is 48.7 Å². The lowest BCUT2D eigenvalue weighted by atomic mass is 10.1. The zero-order valence-electron chi connectivity index (χ0n) is 15.4. The summed E-state index contributed by atoms with van der Waals surface area (Å²) in [4.78, 5) is 12.6. The van der Waals surface area contributed by atoms with Gasteiger partial charge in [-0.2, -0.15) is 5.10 Å². The van der Waals surface area contributed by atoms with Crippen LogP contribution in [0.4, 0.5) is 0 Å². The number of fused-ring (bicyclic) bond motifs is 1. The van der Waals surface area contributed by atoms with Gasteiger partial charge >= 0.3 is 0 Å². The van der Waals surface area contributed by atoms with Crippen LogP contribution in [0.25, 0.3) is 5.69 Å². The molecule has 1 aliphatic heterocycles. The van der Waals surface area contributed by atoms with Crippen LogP contribution in [-0.4, -0.2) is 28.9 Å². The second-order valence-electron chi connectivity index (χ2n) is 6.50. The number of nitrogens with one attached hydrogen (secondary N) is 1. The van der Waals surface area contributed by atoms with Crippen LogP contribution in [0.2, 0.25) is 0 Å². The molecule has 6 heteroatoms. The van der Waals surface area contributed by atoms with Gasteiger partial charge in [0.1, 0.15) is 13.2 Å². The van der Waals surface area contributed by atoms with E-state index in [1.807, 2.05) is 56.3 Å². The fourth-order valence-electron chi connectivity index (χ4n) is 3.15. The van der Waals surface area contributed by atoms with Crippen LogP contribution in [0, 0.1) is 13.8 Å². The number of hydrogen-bond donors (Lipinski definition) is 1. The third-order valence-electron chi connectivity index (χ3n) is 4.66. The Morgan fingerprint density at radius 1 is 1.11 bits per heavy atom. The number of carbonyl (C=O) groups excluding carboxylic acids is 1. The van der Waals surface area contributed by atoms with Crippen LogP contribution in [-0.2, 0) is 6.54 Å². The van der Waals surface area contributed by atoms with Gasteiger partial charge in [0.2, 0.25) is 0 Å². The minimum absolute atomic E-state index is 0.151. The average Bonchev–Trinajstić information content (AvgIpc) is 3.07. The van der Waals surface area contributed by atoms with Gasteiger partial charge in [0.25, 0.3) is 5.91 Å². The highest BCUT2D eigenvalue weighted by molar-refractivity contribution is 5.95. The second-order valence-corrected chi connectivity index (χ2v) is 6.50. The Labute approximate surface area is 157 Å². The molecule has 4 rings (SSSR count). The van der Waals surface area contributed by atoms with E-state index in [-0.39, 0.29) is 5.91 Å². The number of nitrogens with zero attached hydrogens (tertiary/aromatic N) is 2. The van der Waals surface area contributed by atoms with Crippen molar-refractivity contribution < 1.29 is 14.3 Å². The normalized spacial score (nSPS) is 12.7. The molecule has 0 spiro atoms. The SMILES string of the molecule is Cc1ccccc1-n1ncc(C(=O)NCc2ccc3c(c2)OCCO3)c1C. The third kappa shape index (κ3) is 3.38. The summed E-state index contributed by atoms with van der Waals surface area (Å²) in [5.74, 6) is 1.31. The summed E-state index contributed by atoms with van der Waals surface area (Å²) in [5, 5.41) is 7.35. The van der Waals surface area contributed by atoms with Crippen molar-refractivity contribution in [1.82, 2.24) is 15.1 Å². The van der Waals surface area contributed by atoms with E-state index >= 15 is 0 Å². The molecule has 0 aliphatic carbocycles. The summed E-state index contributed by atoms with van der Waals surface area (Å²) in [6.07, 6.45) is 1.61. The monoisotopic (exact) mass is 363 g/mol. The van der Waals surface area contributed by atoms with E-state index in [9.17, 15) is 4.79 Å². The van der Waals surface area contributed by atoms with E-state index in [1.165, 1.54) is 0 Å². The summed E-state index contributed by atoms with van der Waals surface area (Å²) in [7, 11) is 0. The number of amides is 1. The molecule has 0 unspecified atom stereocenters. The number of rotatable bonds is 4. The summed E-state index contributed by atoms with van der Waals surface area (Å²) >= 11 is 0. The van der Waals surface area contributed by atoms with Gasteiger partial charge in [0.15, 0.2) is 11.5 Å². The van der Waals surface area contributed by atoms with Gasteiger partial charge < -0.3 is 14.8 Å². The lowest BCUT2D eigenvalue weighted by Gasteiger charge is -2.19. The van der Waals surface area contributed by atoms with Gasteiger partial charge in [-0.05, 0) is 43.2 Å². The van der Waals surface area contributed by atoms with Gasteiger partial charge in [-0.25, -0.2) is 4.68 Å². The van der Waals surface area contributed by atoms with Crippen LogP contribution in [0.5, 0.6) is 11.5 Å². The molecular formula is C21H21N3O3. The molecule has 27 heavy (non-hydrogen) atoms. The first-order valence-corrected chi connectivity index (χ1v) is 8.91. The first-order chi connectivity index (χ1) is 13.1. The van der Waals surface area contributed by atoms with Crippen LogP contribution < -0.4 is 14.8 Å². The first-order valence-electron chi connectivity index (χ1n) is 8.91. The third-order valence-corrected chi connectivity index (χ3v) is 4.66. The van der Waals surface area contributed by atoms with Crippen LogP contribution in [0.1, 0.15) is 27.2 Å². The van der Waals surface area contributed by atoms with Crippen molar-refractivity contribution in [3.05, 3.63) is 71.0 Å². The largest absolute Gasteiger partial charge is 0.486 e. The molecule has 0 bridgehead atoms. The summed E-state index contributed by atoms with van der Waals surface area (Å²) < 4.78 is 12.9. The summed E-state index contributed by atoms with van der Waals surface area (Å²) in [6.45, 7) is 5.44. The molecule has 1 N–H and O–H groups in total. The molecule has 0 fully saturated rings. The maximum atomic E-state index is 12.6. The first kappa shape index (κ1) is 17.1. The van der Waals surface area contributed by atoms with Crippen molar-refractivity contribution in [3.8, 4) is 17.2 Å². The number of aryl methyl sites for hydroxylation is 1. The molecule has 0 saturated carbocycles. The van der Waals surface area contributed by atoms with E-state index in [1.54, 1.807) is 10.9 Å². The van der Waals surface area contributed by atoms with Gasteiger partial charge in [0.05, 0.1) is 23.1 Å². The molecule has 2 heterocycles. The van der Waals surface area contributed by atoms with Crippen molar-refractivity contribution in [2.75, 3.05) is 13.2 Å². The molecule has 6 nitrogen and oxygen atoms in total. The topological polar surface area (TPSA) is 65.4 Å². The van der Waals surface area contributed by atoms with Crippen molar-refractivity contribution in [2.45, 2.75) is 20.4 Å². The lowest BCUT2D eigenvalue weighted by Crippen LogP contribution is -2.23. The van der Waals surface area contributed by atoms with E-state index in [4.69, 9.17) is 9.47 Å². The highest BCUT2D eigenvalue weighted by Crippen LogP contribution is 2.30. The summed E-state index contributed by atoms with van der Waals surface area (Å²) in [5.41, 5.74) is 4.41. The zero-order chi connectivity index (χ0) is 18.8. The maximum absolute atomic E-state index is 12.6. The Balaban J connectivity index is 1.49. The minimum Gasteiger partial charge on any atom is -0.486 e. The Kier molecular flexibility index (Phi) is 4.54. The second kappa shape index (κ2) is 7.15. The number of hydrogen-bond acceptors (Lipinski definition) is 4. The fourth-order valence-corrected chi connectivity index (χ4v) is 3.15. The number of carbonyl (C=O) groups is 1. The van der Waals surface area contributed by atoms with Gasteiger partial charge in [-0.1, -0.05) is 24.3 Å². The smallest absolute Gasteiger partial charge is 0.255 e. The molecule has 0 saturated heterocycles. The van der Waals surface area contributed by atoms with E-state index < -0.39 is 0 Å². The standard InChI is InChI=1S/C21H21N3O3/c1-14-5-3-4-6-18(14)24-15(2)17(13-23-24)21(25)22-12-16-7-8-19-20(11-16)27-10-9-26-19/h3-8,11,13H,9-10,12H2,1-2H3,(H,22,25). The quantitative estimate of drug-likeness (QED) is 0.773. The minimum atomic E-state index is -0.151. The predicted molar refractivity (Wildman–Crippen MR) is 102 cm³/mol. The Bertz CT molecular complexity index is 994. The highest BCUT2D eigenvalue weighted by atomic mass is 16.6. The molecule has 1 amide bonds. The van der Waals surface area contributed by atoms with Crippen molar-refractivity contribution in [2.24, 2.45) is 0 Å². The highest BCUT2D eigenvalue weighted by Gasteiger charge is 2.16. The Morgan fingerprint density at radius 3 is 2.70 bits per heavy atom. The summed E-state index contributed by atoms with van der Waals surface area (Å²) in [6, 6.07) is 13.7. The zero-order valence-corrected chi connectivity index (χ0v) is 15.4. The average molecular weight is 363 g/mol. The van der Waals surface area contributed by atoms with E-state index in [0.717, 1.165) is 34.0 Å². The number of para-hydroxylation sites is 1. The number of aromatic nitrogens is 2. The maximum Gasteiger partial charge on any atom is 0.255 e. The molecular weight excluding hydrogens is 342 g/mol. The van der Waals surface area contributed by atoms with Gasteiger partial charge in [-0.3, -0.25) is 4.79 Å².